The number of amides is 2. The number of anilines is 2. The minimum atomic E-state index is -4.58. The van der Waals surface area contributed by atoms with E-state index in [9.17, 15) is 27.9 Å². The van der Waals surface area contributed by atoms with Crippen molar-refractivity contribution in [3.05, 3.63) is 17.3 Å². The van der Waals surface area contributed by atoms with E-state index in [0.717, 1.165) is 6.42 Å². The van der Waals surface area contributed by atoms with Crippen LogP contribution in [0.4, 0.5) is 28.9 Å². The molecule has 15 heteroatoms. The Bertz CT molecular complexity index is 999. The Morgan fingerprint density at radius 2 is 2.14 bits per heavy atom. The van der Waals surface area contributed by atoms with E-state index in [1.54, 1.807) is 4.90 Å². The van der Waals surface area contributed by atoms with Gasteiger partial charge in [-0.1, -0.05) is 44.9 Å². The molecule has 2 aromatic heterocycles. The Labute approximate surface area is 203 Å². The van der Waals surface area contributed by atoms with Gasteiger partial charge >= 0.3 is 12.3 Å². The monoisotopic (exact) mass is 519 g/mol. The number of alkyl halides is 3. The number of nitrogens with one attached hydrogen (secondary N) is 3. The van der Waals surface area contributed by atoms with Crippen molar-refractivity contribution in [3.8, 4) is 0 Å². The van der Waals surface area contributed by atoms with Gasteiger partial charge < -0.3 is 25.4 Å². The number of H-pyrrole nitrogens is 1. The van der Waals surface area contributed by atoms with E-state index < -0.39 is 46.8 Å². The Balaban J connectivity index is 1.62. The van der Waals surface area contributed by atoms with Crippen LogP contribution in [0.5, 0.6) is 0 Å². The lowest BCUT2D eigenvalue weighted by molar-refractivity contribution is -0.138. The summed E-state index contributed by atoms with van der Waals surface area (Å²) in [5.41, 5.74) is -0.600. The normalized spacial score (nSPS) is 19.3. The fourth-order valence-corrected chi connectivity index (χ4v) is 4.39. The van der Waals surface area contributed by atoms with E-state index in [1.807, 2.05) is 20.8 Å². The van der Waals surface area contributed by atoms with E-state index in [-0.39, 0.29) is 11.7 Å². The van der Waals surface area contributed by atoms with E-state index in [4.69, 9.17) is 4.74 Å². The van der Waals surface area contributed by atoms with Crippen LogP contribution in [-0.4, -0.2) is 68.8 Å². The summed E-state index contributed by atoms with van der Waals surface area (Å²) in [6.07, 6.45) is -4.48. The molecule has 0 bridgehead atoms. The van der Waals surface area contributed by atoms with Crippen LogP contribution in [0.2, 0.25) is 0 Å². The topological polar surface area (TPSA) is 145 Å². The highest BCUT2D eigenvalue weighted by Crippen LogP contribution is 2.39. The number of ether oxygens (including phenoxy) is 1. The first kappa shape index (κ1) is 26.7. The molecule has 0 radical (unpaired) electrons. The molecule has 1 saturated heterocycles. The van der Waals surface area contributed by atoms with Gasteiger partial charge in [0.15, 0.2) is 6.10 Å². The first-order valence-electron chi connectivity index (χ1n) is 11.0. The molecule has 4 N–H and O–H groups in total. The minimum absolute atomic E-state index is 0.0867. The highest BCUT2D eigenvalue weighted by Gasteiger charge is 2.45. The number of nitrogens with zero attached hydrogens (tertiary/aromatic N) is 4. The summed E-state index contributed by atoms with van der Waals surface area (Å²) in [6.45, 7) is 5.98. The quantitative estimate of drug-likeness (QED) is 0.396. The van der Waals surface area contributed by atoms with Gasteiger partial charge in [0, 0.05) is 18.0 Å². The Morgan fingerprint density at radius 1 is 1.40 bits per heavy atom. The number of aromatic amines is 1. The van der Waals surface area contributed by atoms with Gasteiger partial charge in [-0.25, -0.2) is 4.79 Å². The molecule has 3 atom stereocenters. The van der Waals surface area contributed by atoms with E-state index in [1.165, 1.54) is 12.3 Å². The number of aliphatic hydroxyl groups is 1. The van der Waals surface area contributed by atoms with Crippen molar-refractivity contribution < 1.29 is 32.6 Å². The van der Waals surface area contributed by atoms with Crippen molar-refractivity contribution in [1.29, 1.82) is 0 Å². The molecule has 0 saturated carbocycles. The Morgan fingerprint density at radius 3 is 2.74 bits per heavy atom. The highest BCUT2D eigenvalue weighted by atomic mass is 32.1. The predicted molar refractivity (Wildman–Crippen MR) is 121 cm³/mol. The summed E-state index contributed by atoms with van der Waals surface area (Å²) in [6, 6.07) is 0.597. The van der Waals surface area contributed by atoms with Crippen LogP contribution < -0.4 is 15.5 Å². The average Bonchev–Trinajstić information content (AvgIpc) is 3.51. The van der Waals surface area contributed by atoms with Crippen LogP contribution in [0.3, 0.4) is 0 Å². The molecule has 0 aliphatic carbocycles. The number of rotatable bonds is 9. The lowest BCUT2D eigenvalue weighted by Gasteiger charge is -2.27. The molecule has 1 unspecified atom stereocenters. The summed E-state index contributed by atoms with van der Waals surface area (Å²) in [7, 11) is 0. The van der Waals surface area contributed by atoms with Gasteiger partial charge in [0.2, 0.25) is 10.1 Å². The third kappa shape index (κ3) is 6.81. The lowest BCUT2D eigenvalue weighted by atomic mass is 9.90. The minimum Gasteiger partial charge on any atom is -0.444 e. The van der Waals surface area contributed by atoms with E-state index >= 15 is 0 Å². The summed E-state index contributed by atoms with van der Waals surface area (Å²) in [5.74, 6) is -0.427. The maximum absolute atomic E-state index is 12.9. The highest BCUT2D eigenvalue weighted by molar-refractivity contribution is 7.15. The number of aromatic nitrogens is 4. The third-order valence-corrected chi connectivity index (χ3v) is 6.64. The molecule has 1 aliphatic rings. The lowest BCUT2D eigenvalue weighted by Crippen LogP contribution is -2.50. The average molecular weight is 520 g/mol. The Hall–Kier alpha value is -2.94. The second-order valence-corrected chi connectivity index (χ2v) is 9.90. The molecule has 0 aromatic carbocycles. The van der Waals surface area contributed by atoms with E-state index in [2.05, 4.69) is 31.0 Å². The number of alkyl carbamates (subject to hydrolysis) is 1. The fourth-order valence-electron chi connectivity index (χ4n) is 3.67. The molecular formula is C20H28F3N7O4S. The molecule has 3 rings (SSSR count). The number of hydrogen-bond donors (Lipinski definition) is 4. The molecule has 0 spiro atoms. The van der Waals surface area contributed by atoms with Gasteiger partial charge in [0.1, 0.15) is 11.9 Å². The molecule has 11 nitrogen and oxygen atoms in total. The number of hydrogen-bond acceptors (Lipinski definition) is 9. The molecule has 2 aromatic rings. The van der Waals surface area contributed by atoms with Crippen LogP contribution in [0.25, 0.3) is 0 Å². The zero-order valence-electron chi connectivity index (χ0n) is 19.4. The summed E-state index contributed by atoms with van der Waals surface area (Å²) < 4.78 is 44.2. The van der Waals surface area contributed by atoms with Gasteiger partial charge in [0.05, 0.1) is 18.8 Å². The van der Waals surface area contributed by atoms with Crippen LogP contribution >= 0.6 is 11.3 Å². The molecule has 35 heavy (non-hydrogen) atoms. The molecular weight excluding hydrogens is 491 g/mol. The van der Waals surface area contributed by atoms with Crippen molar-refractivity contribution >= 4 is 34.3 Å². The summed E-state index contributed by atoms with van der Waals surface area (Å²) >= 11 is 0.425. The van der Waals surface area contributed by atoms with Gasteiger partial charge in [-0.15, -0.1) is 10.2 Å². The van der Waals surface area contributed by atoms with Gasteiger partial charge in [0.25, 0.3) is 5.91 Å². The van der Waals surface area contributed by atoms with E-state index in [0.29, 0.717) is 36.5 Å². The smallest absolute Gasteiger partial charge is 0.444 e. The number of carbonyl (C=O) groups is 2. The molecule has 1 fully saturated rings. The van der Waals surface area contributed by atoms with Crippen LogP contribution in [0.15, 0.2) is 12.3 Å². The third-order valence-electron chi connectivity index (χ3n) is 5.61. The molecule has 2 amide bonds. The summed E-state index contributed by atoms with van der Waals surface area (Å²) in [5, 5.41) is 27.7. The number of unbranched alkanes of at least 4 members (excludes halogenated alkanes) is 1. The van der Waals surface area contributed by atoms with Crippen LogP contribution in [0, 0.1) is 5.41 Å². The maximum Gasteiger partial charge on any atom is 0.445 e. The first-order chi connectivity index (χ1) is 16.4. The fraction of sp³-hybridized carbons (Fsp3) is 0.650. The van der Waals surface area contributed by atoms with Crippen molar-refractivity contribution in [1.82, 2.24) is 25.7 Å². The zero-order chi connectivity index (χ0) is 25.8. The Kier molecular flexibility index (Phi) is 8.20. The van der Waals surface area contributed by atoms with Crippen molar-refractivity contribution in [3.63, 3.8) is 0 Å². The largest absolute Gasteiger partial charge is 0.445 e. The van der Waals surface area contributed by atoms with Crippen molar-refractivity contribution in [2.75, 3.05) is 23.3 Å². The first-order valence-corrected chi connectivity index (χ1v) is 11.8. The predicted octanol–water partition coefficient (Wildman–Crippen LogP) is 2.78. The number of aliphatic hydroxyl groups excluding tert-OH is 1. The summed E-state index contributed by atoms with van der Waals surface area (Å²) in [4.78, 5) is 26.7. The van der Waals surface area contributed by atoms with Crippen LogP contribution in [0.1, 0.15) is 45.0 Å². The van der Waals surface area contributed by atoms with Crippen molar-refractivity contribution in [2.24, 2.45) is 5.41 Å². The second kappa shape index (κ2) is 10.8. The number of carbonyl (C=O) groups excluding carboxylic acids is 2. The van der Waals surface area contributed by atoms with Crippen LogP contribution in [-0.2, 0) is 15.7 Å². The van der Waals surface area contributed by atoms with Gasteiger partial charge in [-0.3, -0.25) is 9.89 Å². The molecule has 194 valence electrons. The van der Waals surface area contributed by atoms with Gasteiger partial charge in [-0.2, -0.15) is 18.3 Å². The van der Waals surface area contributed by atoms with Gasteiger partial charge in [-0.05, 0) is 6.42 Å². The zero-order valence-corrected chi connectivity index (χ0v) is 20.2. The van der Waals surface area contributed by atoms with Crippen molar-refractivity contribution in [2.45, 2.75) is 64.5 Å². The number of halogens is 3. The molecule has 3 heterocycles. The maximum atomic E-state index is 12.9. The second-order valence-electron chi connectivity index (χ2n) is 8.95. The SMILES string of the molecule is CCCC[C@H](NC(=O)O[C@@H]1CN(c2nnc(C(F)(F)F)s2)CC1(C)C)C(O)C(=O)Nc1ccn[nH]1. The molecule has 1 aliphatic heterocycles. The standard InChI is InChI=1S/C20H28F3N7O4S/c1-4-5-6-11(14(31)15(32)26-13-7-8-24-27-13)25-18(33)34-12-9-30(10-19(12,2)3)17-29-28-16(35-17)20(21,22)23/h7-8,11-12,14,31H,4-6,9-10H2,1-3H3,(H,25,33)(H2,24,26,27,32)/t11-,12+,14?/m0/s1.